The number of thiophene rings is 1. The molecule has 2 heteroatoms. The third-order valence-electron chi connectivity index (χ3n) is 3.48. The molecular formula is C13H13FS. The molecule has 2 aliphatic rings. The number of hydrogen-bond acceptors (Lipinski definition) is 1. The van der Waals surface area contributed by atoms with Gasteiger partial charge in [-0.25, -0.2) is 4.39 Å². The van der Waals surface area contributed by atoms with Crippen LogP contribution in [-0.2, 0) is 0 Å². The molecule has 1 aromatic heterocycles. The molecule has 3 unspecified atom stereocenters. The Hall–Kier alpha value is -0.890. The molecule has 15 heavy (non-hydrogen) atoms. The molecule has 1 fully saturated rings. The summed E-state index contributed by atoms with van der Waals surface area (Å²) in [5.74, 6) is 1.26. The van der Waals surface area contributed by atoms with Gasteiger partial charge in [-0.1, -0.05) is 24.6 Å². The van der Waals surface area contributed by atoms with E-state index in [0.717, 1.165) is 6.42 Å². The van der Waals surface area contributed by atoms with Crippen LogP contribution in [0.4, 0.5) is 4.39 Å². The first-order valence-corrected chi connectivity index (χ1v) is 6.26. The van der Waals surface area contributed by atoms with Crippen LogP contribution in [0.3, 0.4) is 0 Å². The van der Waals surface area contributed by atoms with E-state index in [1.54, 1.807) is 17.4 Å². The topological polar surface area (TPSA) is 0 Å². The van der Waals surface area contributed by atoms with Crippen molar-refractivity contribution in [2.24, 2.45) is 11.8 Å². The average molecular weight is 220 g/mol. The van der Waals surface area contributed by atoms with E-state index < -0.39 is 0 Å². The number of halogens is 1. The first kappa shape index (κ1) is 9.34. The molecule has 78 valence electrons. The predicted octanol–water partition coefficient (Wildman–Crippen LogP) is 4.28. The maximum absolute atomic E-state index is 13.2. The molecule has 0 spiro atoms. The van der Waals surface area contributed by atoms with Crippen molar-refractivity contribution in [1.82, 2.24) is 0 Å². The molecule has 0 amide bonds. The minimum absolute atomic E-state index is 0.0853. The Kier molecular flexibility index (Phi) is 2.06. The largest absolute Gasteiger partial charge is 0.211 e. The van der Waals surface area contributed by atoms with E-state index in [4.69, 9.17) is 0 Å². The van der Waals surface area contributed by atoms with Gasteiger partial charge in [-0.05, 0) is 29.9 Å². The van der Waals surface area contributed by atoms with Gasteiger partial charge < -0.3 is 0 Å². The van der Waals surface area contributed by atoms with Crippen molar-refractivity contribution in [1.29, 1.82) is 0 Å². The fourth-order valence-corrected chi connectivity index (χ4v) is 3.27. The van der Waals surface area contributed by atoms with Gasteiger partial charge in [0.25, 0.3) is 0 Å². The van der Waals surface area contributed by atoms with Crippen LogP contribution >= 0.6 is 11.3 Å². The van der Waals surface area contributed by atoms with Crippen molar-refractivity contribution in [2.45, 2.75) is 19.3 Å². The summed E-state index contributed by atoms with van der Waals surface area (Å²) in [6, 6.07) is 4.25. The van der Waals surface area contributed by atoms with Crippen LogP contribution in [0.1, 0.15) is 24.1 Å². The molecule has 1 aromatic rings. The van der Waals surface area contributed by atoms with Gasteiger partial charge in [0, 0.05) is 16.7 Å². The van der Waals surface area contributed by atoms with Gasteiger partial charge in [-0.2, -0.15) is 0 Å². The molecule has 0 radical (unpaired) electrons. The highest BCUT2D eigenvalue weighted by Gasteiger charge is 2.45. The van der Waals surface area contributed by atoms with Crippen molar-refractivity contribution >= 4 is 11.3 Å². The molecule has 1 saturated carbocycles. The Balaban J connectivity index is 1.90. The van der Waals surface area contributed by atoms with Crippen LogP contribution in [0.25, 0.3) is 0 Å². The molecule has 0 nitrogen and oxygen atoms in total. The van der Waals surface area contributed by atoms with Crippen LogP contribution in [0.5, 0.6) is 0 Å². The van der Waals surface area contributed by atoms with Crippen LogP contribution in [0, 0.1) is 11.8 Å². The van der Waals surface area contributed by atoms with E-state index in [2.05, 4.69) is 24.4 Å². The highest BCUT2D eigenvalue weighted by molar-refractivity contribution is 7.10. The van der Waals surface area contributed by atoms with E-state index in [1.165, 1.54) is 10.5 Å². The third kappa shape index (κ3) is 1.48. The summed E-state index contributed by atoms with van der Waals surface area (Å²) >= 11 is 1.79. The average Bonchev–Trinajstić information content (AvgIpc) is 2.86. The van der Waals surface area contributed by atoms with Crippen molar-refractivity contribution in [2.75, 3.05) is 0 Å². The molecule has 0 aliphatic heterocycles. The van der Waals surface area contributed by atoms with Gasteiger partial charge in [0.15, 0.2) is 0 Å². The SMILES string of the molecule is CC(C1=CC=C(F)C2CC12)c1cccs1. The normalized spacial score (nSPS) is 30.3. The zero-order valence-corrected chi connectivity index (χ0v) is 9.43. The Morgan fingerprint density at radius 1 is 1.40 bits per heavy atom. The number of rotatable bonds is 2. The molecule has 0 bridgehead atoms. The first-order valence-electron chi connectivity index (χ1n) is 5.38. The molecule has 1 heterocycles. The Labute approximate surface area is 93.1 Å². The van der Waals surface area contributed by atoms with Crippen molar-refractivity contribution in [3.05, 3.63) is 45.9 Å². The maximum atomic E-state index is 13.2. The lowest BCUT2D eigenvalue weighted by Gasteiger charge is -2.16. The van der Waals surface area contributed by atoms with Crippen molar-refractivity contribution in [3.8, 4) is 0 Å². The van der Waals surface area contributed by atoms with Crippen LogP contribution in [0.15, 0.2) is 41.1 Å². The van der Waals surface area contributed by atoms with Crippen molar-refractivity contribution < 1.29 is 4.39 Å². The highest BCUT2D eigenvalue weighted by atomic mass is 32.1. The Morgan fingerprint density at radius 2 is 2.27 bits per heavy atom. The second-order valence-electron chi connectivity index (χ2n) is 4.40. The quantitative estimate of drug-likeness (QED) is 0.697. The maximum Gasteiger partial charge on any atom is 0.104 e. The smallest absolute Gasteiger partial charge is 0.104 e. The van der Waals surface area contributed by atoms with Crippen LogP contribution in [0.2, 0.25) is 0 Å². The molecule has 0 N–H and O–H groups in total. The van der Waals surface area contributed by atoms with Gasteiger partial charge in [-0.15, -0.1) is 11.3 Å². The summed E-state index contributed by atoms with van der Waals surface area (Å²) in [5, 5.41) is 2.11. The van der Waals surface area contributed by atoms with Crippen LogP contribution < -0.4 is 0 Å². The zero-order valence-electron chi connectivity index (χ0n) is 8.61. The summed E-state index contributed by atoms with van der Waals surface area (Å²) in [6.07, 6.45) is 4.67. The standard InChI is InChI=1S/C13H13FS/c1-8(13-3-2-6-15-13)9-4-5-12(14)11-7-10(9)11/h2-6,8,10-11H,7H2,1H3. The lowest BCUT2D eigenvalue weighted by atomic mass is 9.91. The zero-order chi connectivity index (χ0) is 10.4. The van der Waals surface area contributed by atoms with E-state index >= 15 is 0 Å². The lowest BCUT2D eigenvalue weighted by Crippen LogP contribution is -2.02. The summed E-state index contributed by atoms with van der Waals surface area (Å²) in [6.45, 7) is 2.23. The second-order valence-corrected chi connectivity index (χ2v) is 5.38. The summed E-state index contributed by atoms with van der Waals surface area (Å²) in [4.78, 5) is 1.39. The van der Waals surface area contributed by atoms with Gasteiger partial charge >= 0.3 is 0 Å². The summed E-state index contributed by atoms with van der Waals surface area (Å²) < 4.78 is 13.2. The molecule has 2 aliphatic carbocycles. The minimum Gasteiger partial charge on any atom is -0.211 e. The Morgan fingerprint density at radius 3 is 3.00 bits per heavy atom. The highest BCUT2D eigenvalue weighted by Crippen LogP contribution is 2.55. The van der Waals surface area contributed by atoms with E-state index in [9.17, 15) is 4.39 Å². The molecule has 3 atom stereocenters. The second kappa shape index (κ2) is 3.31. The fourth-order valence-electron chi connectivity index (χ4n) is 2.46. The lowest BCUT2D eigenvalue weighted by molar-refractivity contribution is 0.554. The van der Waals surface area contributed by atoms with E-state index in [0.29, 0.717) is 11.8 Å². The van der Waals surface area contributed by atoms with Crippen LogP contribution in [-0.4, -0.2) is 0 Å². The predicted molar refractivity (Wildman–Crippen MR) is 61.6 cm³/mol. The fraction of sp³-hybridized carbons (Fsp3) is 0.385. The minimum atomic E-state index is 0.0853. The number of fused-ring (bicyclic) bond motifs is 1. The summed E-state index contributed by atoms with van der Waals surface area (Å²) in [7, 11) is 0. The van der Waals surface area contributed by atoms with E-state index in [-0.39, 0.29) is 11.7 Å². The summed E-state index contributed by atoms with van der Waals surface area (Å²) in [5.41, 5.74) is 1.42. The van der Waals surface area contributed by atoms with Gasteiger partial charge in [0.1, 0.15) is 5.83 Å². The van der Waals surface area contributed by atoms with Gasteiger partial charge in [0.05, 0.1) is 0 Å². The molecule has 0 saturated heterocycles. The van der Waals surface area contributed by atoms with Gasteiger partial charge in [-0.3, -0.25) is 0 Å². The molecular weight excluding hydrogens is 207 g/mol. The third-order valence-corrected chi connectivity index (χ3v) is 4.53. The van der Waals surface area contributed by atoms with Gasteiger partial charge in [0.2, 0.25) is 0 Å². The van der Waals surface area contributed by atoms with Crippen molar-refractivity contribution in [3.63, 3.8) is 0 Å². The number of allylic oxidation sites excluding steroid dienone is 4. The van der Waals surface area contributed by atoms with E-state index in [1.807, 2.05) is 6.08 Å². The monoisotopic (exact) mass is 220 g/mol. The molecule has 3 rings (SSSR count). The Bertz CT molecular complexity index is 427. The first-order chi connectivity index (χ1) is 7.27. The number of hydrogen-bond donors (Lipinski definition) is 0. The molecule has 0 aromatic carbocycles.